The fraction of sp³-hybridized carbons (Fsp3) is 0.235. The minimum absolute atomic E-state index is 0.0914. The Balaban J connectivity index is 1.50. The lowest BCUT2D eigenvalue weighted by atomic mass is 10.2. The van der Waals surface area contributed by atoms with Gasteiger partial charge in [0.15, 0.2) is 11.5 Å². The Morgan fingerprint density at radius 1 is 1.09 bits per heavy atom. The summed E-state index contributed by atoms with van der Waals surface area (Å²) in [5.74, 6) is 0.814. The van der Waals surface area contributed by atoms with Gasteiger partial charge in [0.25, 0.3) is 0 Å². The monoisotopic (exact) mass is 316 g/mol. The van der Waals surface area contributed by atoms with E-state index in [0.29, 0.717) is 30.3 Å². The number of nitrogens with one attached hydrogen (secondary N) is 2. The number of hydrogen-bond acceptors (Lipinski definition) is 4. The Labute approximate surface area is 133 Å². The van der Waals surface area contributed by atoms with Crippen LogP contribution in [0.4, 0.5) is 10.1 Å². The SMILES string of the molecule is O=C(CNc1ccc2c(c1)OCCO2)NCc1ccccc1F. The zero-order valence-electron chi connectivity index (χ0n) is 12.5. The van der Waals surface area contributed by atoms with E-state index in [-0.39, 0.29) is 24.8 Å². The highest BCUT2D eigenvalue weighted by Gasteiger charge is 2.12. The molecule has 1 aliphatic rings. The number of carbonyl (C=O) groups is 1. The largest absolute Gasteiger partial charge is 0.486 e. The van der Waals surface area contributed by atoms with Gasteiger partial charge in [-0.25, -0.2) is 4.39 Å². The lowest BCUT2D eigenvalue weighted by molar-refractivity contribution is -0.119. The maximum Gasteiger partial charge on any atom is 0.239 e. The van der Waals surface area contributed by atoms with E-state index in [1.165, 1.54) is 6.07 Å². The van der Waals surface area contributed by atoms with Crippen molar-refractivity contribution in [2.75, 3.05) is 25.1 Å². The topological polar surface area (TPSA) is 59.6 Å². The van der Waals surface area contributed by atoms with Gasteiger partial charge in [0, 0.05) is 23.9 Å². The average Bonchev–Trinajstić information content (AvgIpc) is 2.59. The smallest absolute Gasteiger partial charge is 0.239 e. The standard InChI is InChI=1S/C17H17FN2O3/c18-14-4-2-1-3-12(14)10-20-17(21)11-19-13-5-6-15-16(9-13)23-8-7-22-15/h1-6,9,19H,7-8,10-11H2,(H,20,21). The van der Waals surface area contributed by atoms with Gasteiger partial charge >= 0.3 is 0 Å². The van der Waals surface area contributed by atoms with Gasteiger partial charge in [-0.05, 0) is 18.2 Å². The molecule has 6 heteroatoms. The van der Waals surface area contributed by atoms with Crippen LogP contribution in [-0.2, 0) is 11.3 Å². The van der Waals surface area contributed by atoms with Crippen molar-refractivity contribution in [3.05, 3.63) is 53.8 Å². The second-order valence-electron chi connectivity index (χ2n) is 5.08. The molecule has 0 saturated heterocycles. The maximum atomic E-state index is 13.5. The first kappa shape index (κ1) is 15.1. The first-order valence-electron chi connectivity index (χ1n) is 7.36. The maximum absolute atomic E-state index is 13.5. The molecular formula is C17H17FN2O3. The van der Waals surface area contributed by atoms with E-state index in [1.54, 1.807) is 30.3 Å². The highest BCUT2D eigenvalue weighted by atomic mass is 19.1. The average molecular weight is 316 g/mol. The molecule has 0 atom stereocenters. The summed E-state index contributed by atoms with van der Waals surface area (Å²) >= 11 is 0. The summed E-state index contributed by atoms with van der Waals surface area (Å²) < 4.78 is 24.4. The van der Waals surface area contributed by atoms with E-state index >= 15 is 0 Å². The molecule has 3 rings (SSSR count). The van der Waals surface area contributed by atoms with E-state index in [1.807, 2.05) is 6.07 Å². The molecule has 0 saturated carbocycles. The summed E-state index contributed by atoms with van der Waals surface area (Å²) in [6.07, 6.45) is 0. The number of halogens is 1. The molecule has 2 aromatic carbocycles. The molecular weight excluding hydrogens is 299 g/mol. The van der Waals surface area contributed by atoms with Crippen LogP contribution in [0.5, 0.6) is 11.5 Å². The van der Waals surface area contributed by atoms with Gasteiger partial charge in [0.1, 0.15) is 19.0 Å². The van der Waals surface area contributed by atoms with Crippen LogP contribution < -0.4 is 20.1 Å². The third kappa shape index (κ3) is 3.91. The first-order chi connectivity index (χ1) is 11.2. The van der Waals surface area contributed by atoms with Crippen molar-refractivity contribution < 1.29 is 18.7 Å². The molecule has 0 aliphatic carbocycles. The van der Waals surface area contributed by atoms with Crippen LogP contribution in [0, 0.1) is 5.82 Å². The number of fused-ring (bicyclic) bond motifs is 1. The number of hydrogen-bond donors (Lipinski definition) is 2. The number of rotatable bonds is 5. The molecule has 1 heterocycles. The van der Waals surface area contributed by atoms with Crippen molar-refractivity contribution in [1.29, 1.82) is 0 Å². The highest BCUT2D eigenvalue weighted by molar-refractivity contribution is 5.80. The van der Waals surface area contributed by atoms with Gasteiger partial charge < -0.3 is 20.1 Å². The summed E-state index contributed by atoms with van der Waals surface area (Å²) in [6.45, 7) is 1.31. The predicted octanol–water partition coefficient (Wildman–Crippen LogP) is 2.33. The van der Waals surface area contributed by atoms with Crippen LogP contribution in [0.2, 0.25) is 0 Å². The van der Waals surface area contributed by atoms with E-state index < -0.39 is 0 Å². The molecule has 0 bridgehead atoms. The Hall–Kier alpha value is -2.76. The van der Waals surface area contributed by atoms with Gasteiger partial charge in [0.2, 0.25) is 5.91 Å². The fourth-order valence-corrected chi connectivity index (χ4v) is 2.23. The molecule has 23 heavy (non-hydrogen) atoms. The number of carbonyl (C=O) groups excluding carboxylic acids is 1. The molecule has 1 amide bonds. The van der Waals surface area contributed by atoms with Crippen molar-refractivity contribution in [1.82, 2.24) is 5.32 Å². The van der Waals surface area contributed by atoms with Crippen LogP contribution >= 0.6 is 0 Å². The van der Waals surface area contributed by atoms with Crippen LogP contribution in [0.25, 0.3) is 0 Å². The van der Waals surface area contributed by atoms with Crippen LogP contribution in [0.15, 0.2) is 42.5 Å². The van der Waals surface area contributed by atoms with Crippen molar-refractivity contribution >= 4 is 11.6 Å². The summed E-state index contributed by atoms with van der Waals surface area (Å²) in [5, 5.41) is 5.68. The molecule has 2 N–H and O–H groups in total. The third-order valence-electron chi connectivity index (χ3n) is 3.43. The molecule has 0 unspecified atom stereocenters. The Morgan fingerprint density at radius 2 is 1.87 bits per heavy atom. The minimum Gasteiger partial charge on any atom is -0.486 e. The third-order valence-corrected chi connectivity index (χ3v) is 3.43. The van der Waals surface area contributed by atoms with Crippen molar-refractivity contribution in [3.63, 3.8) is 0 Å². The first-order valence-corrected chi connectivity index (χ1v) is 7.36. The quantitative estimate of drug-likeness (QED) is 0.889. The Morgan fingerprint density at radius 3 is 2.70 bits per heavy atom. The summed E-state index contributed by atoms with van der Waals surface area (Å²) in [5.41, 5.74) is 1.22. The minimum atomic E-state index is -0.326. The molecule has 2 aromatic rings. The van der Waals surface area contributed by atoms with Crippen LogP contribution in [0.3, 0.4) is 0 Å². The molecule has 1 aliphatic heterocycles. The number of anilines is 1. The van der Waals surface area contributed by atoms with Gasteiger partial charge in [0.05, 0.1) is 6.54 Å². The van der Waals surface area contributed by atoms with E-state index in [4.69, 9.17) is 9.47 Å². The zero-order valence-corrected chi connectivity index (χ0v) is 12.5. The molecule has 0 radical (unpaired) electrons. The number of ether oxygens (including phenoxy) is 2. The molecule has 120 valence electrons. The molecule has 0 aromatic heterocycles. The lowest BCUT2D eigenvalue weighted by Crippen LogP contribution is -2.29. The van der Waals surface area contributed by atoms with Gasteiger partial charge in [-0.3, -0.25) is 4.79 Å². The highest BCUT2D eigenvalue weighted by Crippen LogP contribution is 2.32. The van der Waals surface area contributed by atoms with E-state index in [2.05, 4.69) is 10.6 Å². The zero-order chi connectivity index (χ0) is 16.1. The number of benzene rings is 2. The van der Waals surface area contributed by atoms with Crippen molar-refractivity contribution in [2.24, 2.45) is 0 Å². The van der Waals surface area contributed by atoms with Crippen LogP contribution in [0.1, 0.15) is 5.56 Å². The van der Waals surface area contributed by atoms with E-state index in [0.717, 1.165) is 5.69 Å². The molecule has 5 nitrogen and oxygen atoms in total. The fourth-order valence-electron chi connectivity index (χ4n) is 2.23. The van der Waals surface area contributed by atoms with Gasteiger partial charge in [-0.1, -0.05) is 18.2 Å². The van der Waals surface area contributed by atoms with Gasteiger partial charge in [-0.2, -0.15) is 0 Å². The second-order valence-corrected chi connectivity index (χ2v) is 5.08. The Bertz CT molecular complexity index is 706. The number of amides is 1. The van der Waals surface area contributed by atoms with Gasteiger partial charge in [-0.15, -0.1) is 0 Å². The lowest BCUT2D eigenvalue weighted by Gasteiger charge is -2.19. The van der Waals surface area contributed by atoms with E-state index in [9.17, 15) is 9.18 Å². The summed E-state index contributed by atoms with van der Waals surface area (Å²) in [4.78, 5) is 11.8. The molecule has 0 spiro atoms. The van der Waals surface area contributed by atoms with Crippen molar-refractivity contribution in [3.8, 4) is 11.5 Å². The Kier molecular flexibility index (Phi) is 4.61. The summed E-state index contributed by atoms with van der Waals surface area (Å²) in [6, 6.07) is 11.8. The second kappa shape index (κ2) is 7.00. The summed E-state index contributed by atoms with van der Waals surface area (Å²) in [7, 11) is 0. The predicted molar refractivity (Wildman–Crippen MR) is 84.2 cm³/mol. The van der Waals surface area contributed by atoms with Crippen LogP contribution in [-0.4, -0.2) is 25.7 Å². The molecule has 0 fully saturated rings. The van der Waals surface area contributed by atoms with Crippen molar-refractivity contribution in [2.45, 2.75) is 6.54 Å². The normalized spacial score (nSPS) is 12.6.